The third-order valence-corrected chi connectivity index (χ3v) is 4.72. The lowest BCUT2D eigenvalue weighted by Gasteiger charge is -2.16. The molecule has 0 radical (unpaired) electrons. The summed E-state index contributed by atoms with van der Waals surface area (Å²) in [6.07, 6.45) is -0.474. The molecule has 0 N–H and O–H groups in total. The van der Waals surface area contributed by atoms with E-state index in [1.807, 2.05) is 0 Å². The van der Waals surface area contributed by atoms with Crippen molar-refractivity contribution in [2.75, 3.05) is 11.4 Å². The van der Waals surface area contributed by atoms with Gasteiger partial charge in [-0.3, -0.25) is 4.79 Å². The van der Waals surface area contributed by atoms with Crippen LogP contribution in [0.1, 0.15) is 6.42 Å². The number of nitrogens with zero attached hydrogens (tertiary/aromatic N) is 1. The van der Waals surface area contributed by atoms with Gasteiger partial charge in [-0.2, -0.15) is 21.6 Å². The highest BCUT2D eigenvalue weighted by atomic mass is 32.3. The first-order valence-electron chi connectivity index (χ1n) is 5.66. The summed E-state index contributed by atoms with van der Waals surface area (Å²) in [6, 6.07) is 4.86. The minimum atomic E-state index is -4.82. The predicted octanol–water partition coefficient (Wildman–Crippen LogP) is 2.70. The molecule has 1 heterocycles. The molecule has 1 saturated heterocycles. The molecule has 1 fully saturated rings. The molecule has 116 valence electrons. The maximum absolute atomic E-state index is 12.9. The number of carbonyl (C=O) groups is 1. The number of benzene rings is 1. The molecule has 1 atom stereocenters. The second-order valence-electron chi connectivity index (χ2n) is 4.35. The lowest BCUT2D eigenvalue weighted by Crippen LogP contribution is -2.26. The molecule has 0 spiro atoms. The van der Waals surface area contributed by atoms with E-state index in [9.17, 15) is 30.3 Å². The van der Waals surface area contributed by atoms with Crippen LogP contribution in [0.3, 0.4) is 0 Å². The zero-order chi connectivity index (χ0) is 15.8. The van der Waals surface area contributed by atoms with Crippen LogP contribution >= 0.6 is 11.8 Å². The molecular formula is C11H9F4NO3S2. The van der Waals surface area contributed by atoms with Gasteiger partial charge < -0.3 is 4.90 Å². The highest BCUT2D eigenvalue weighted by molar-refractivity contribution is 8.00. The van der Waals surface area contributed by atoms with Gasteiger partial charge >= 0.3 is 15.7 Å². The Bertz CT molecular complexity index is 642. The van der Waals surface area contributed by atoms with Crippen molar-refractivity contribution in [2.45, 2.75) is 22.1 Å². The third-order valence-electron chi connectivity index (χ3n) is 2.87. The fourth-order valence-corrected chi connectivity index (χ4v) is 3.15. The maximum atomic E-state index is 12.9. The molecule has 1 aliphatic heterocycles. The van der Waals surface area contributed by atoms with Crippen LogP contribution in [0.15, 0.2) is 29.2 Å². The molecule has 1 aromatic rings. The van der Waals surface area contributed by atoms with E-state index in [0.717, 1.165) is 17.0 Å². The van der Waals surface area contributed by atoms with E-state index >= 15 is 0 Å². The fourth-order valence-electron chi connectivity index (χ4n) is 1.94. The molecule has 1 amide bonds. The van der Waals surface area contributed by atoms with E-state index < -0.39 is 33.3 Å². The van der Waals surface area contributed by atoms with Crippen LogP contribution in [0.5, 0.6) is 0 Å². The molecular weight excluding hydrogens is 334 g/mol. The minimum Gasteiger partial charge on any atom is -0.311 e. The van der Waals surface area contributed by atoms with E-state index in [1.54, 1.807) is 0 Å². The van der Waals surface area contributed by atoms with Crippen molar-refractivity contribution in [1.29, 1.82) is 0 Å². The molecule has 21 heavy (non-hydrogen) atoms. The van der Waals surface area contributed by atoms with E-state index in [-0.39, 0.29) is 28.9 Å². The van der Waals surface area contributed by atoms with Crippen molar-refractivity contribution in [2.24, 2.45) is 0 Å². The van der Waals surface area contributed by atoms with E-state index in [4.69, 9.17) is 0 Å². The Morgan fingerprint density at radius 2 is 1.76 bits per heavy atom. The number of hydrogen-bond acceptors (Lipinski definition) is 4. The quantitative estimate of drug-likeness (QED) is 0.481. The lowest BCUT2D eigenvalue weighted by molar-refractivity contribution is -0.117. The van der Waals surface area contributed by atoms with Crippen LogP contribution in [0.2, 0.25) is 0 Å². The maximum Gasteiger partial charge on any atom is 0.446 e. The Labute approximate surface area is 122 Å². The molecule has 0 bridgehead atoms. The van der Waals surface area contributed by atoms with Crippen molar-refractivity contribution in [3.63, 3.8) is 0 Å². The van der Waals surface area contributed by atoms with Gasteiger partial charge in [0.2, 0.25) is 5.91 Å². The zero-order valence-corrected chi connectivity index (χ0v) is 11.9. The second kappa shape index (κ2) is 5.48. The van der Waals surface area contributed by atoms with Crippen LogP contribution in [-0.2, 0) is 15.0 Å². The van der Waals surface area contributed by atoms with Crippen LogP contribution in [0.4, 0.5) is 22.7 Å². The molecule has 0 aliphatic carbocycles. The standard InChI is InChI=1S/C11H9F4NO3S2/c12-11(13,14)20-8-3-1-7(2-4-8)16-6-9(5-10(16)17)21(15,18)19/h1-4,9H,5-6H2. The van der Waals surface area contributed by atoms with E-state index in [2.05, 4.69) is 0 Å². The summed E-state index contributed by atoms with van der Waals surface area (Å²) in [5.74, 6) is -0.586. The smallest absolute Gasteiger partial charge is 0.311 e. The number of anilines is 1. The van der Waals surface area contributed by atoms with Crippen molar-refractivity contribution in [3.8, 4) is 0 Å². The number of alkyl halides is 3. The predicted molar refractivity (Wildman–Crippen MR) is 69.1 cm³/mol. The van der Waals surface area contributed by atoms with E-state index in [1.165, 1.54) is 12.1 Å². The van der Waals surface area contributed by atoms with Gasteiger partial charge in [0.05, 0.1) is 0 Å². The largest absolute Gasteiger partial charge is 0.446 e. The summed E-state index contributed by atoms with van der Waals surface area (Å²) in [4.78, 5) is 12.6. The highest BCUT2D eigenvalue weighted by Gasteiger charge is 2.39. The molecule has 1 unspecified atom stereocenters. The normalized spacial score (nSPS) is 20.1. The first-order valence-corrected chi connectivity index (χ1v) is 7.92. The Kier molecular flexibility index (Phi) is 4.20. The van der Waals surface area contributed by atoms with Crippen molar-refractivity contribution in [3.05, 3.63) is 24.3 Å². The van der Waals surface area contributed by atoms with Gasteiger partial charge in [-0.15, -0.1) is 3.89 Å². The van der Waals surface area contributed by atoms with Crippen molar-refractivity contribution < 1.29 is 30.3 Å². The molecule has 1 aromatic carbocycles. The molecule has 2 rings (SSSR count). The highest BCUT2D eigenvalue weighted by Crippen LogP contribution is 2.37. The summed E-state index contributed by atoms with van der Waals surface area (Å²) >= 11 is -0.302. The number of halogens is 4. The number of thioether (sulfide) groups is 1. The summed E-state index contributed by atoms with van der Waals surface area (Å²) < 4.78 is 71.0. The number of rotatable bonds is 3. The van der Waals surface area contributed by atoms with Gasteiger partial charge in [0.15, 0.2) is 0 Å². The summed E-state index contributed by atoms with van der Waals surface area (Å²) in [5, 5.41) is -1.44. The molecule has 10 heteroatoms. The van der Waals surface area contributed by atoms with Crippen LogP contribution in [-0.4, -0.2) is 31.6 Å². The van der Waals surface area contributed by atoms with Gasteiger partial charge in [-0.05, 0) is 36.0 Å². The summed E-state index contributed by atoms with van der Waals surface area (Å²) in [5.41, 5.74) is -4.18. The van der Waals surface area contributed by atoms with Gasteiger partial charge in [-0.1, -0.05) is 0 Å². The van der Waals surface area contributed by atoms with Gasteiger partial charge in [0.25, 0.3) is 0 Å². The minimum absolute atomic E-state index is 0.0624. The monoisotopic (exact) mass is 343 g/mol. The summed E-state index contributed by atoms with van der Waals surface area (Å²) in [7, 11) is -4.82. The third kappa shape index (κ3) is 4.10. The Morgan fingerprint density at radius 1 is 1.19 bits per heavy atom. The average Bonchev–Trinajstić information content (AvgIpc) is 2.70. The lowest BCUT2D eigenvalue weighted by atomic mass is 10.3. The Balaban J connectivity index is 2.14. The first kappa shape index (κ1) is 16.1. The zero-order valence-electron chi connectivity index (χ0n) is 10.3. The number of hydrogen-bond donors (Lipinski definition) is 0. The second-order valence-corrected chi connectivity index (χ2v) is 7.10. The molecule has 1 aliphatic rings. The Morgan fingerprint density at radius 3 is 2.19 bits per heavy atom. The molecule has 4 nitrogen and oxygen atoms in total. The number of amides is 1. The van der Waals surface area contributed by atoms with Crippen molar-refractivity contribution in [1.82, 2.24) is 0 Å². The van der Waals surface area contributed by atoms with Crippen LogP contribution in [0.25, 0.3) is 0 Å². The molecule has 0 saturated carbocycles. The van der Waals surface area contributed by atoms with Gasteiger partial charge in [-0.25, -0.2) is 0 Å². The average molecular weight is 343 g/mol. The van der Waals surface area contributed by atoms with Gasteiger partial charge in [0.1, 0.15) is 5.25 Å². The first-order chi connectivity index (χ1) is 9.56. The fraction of sp³-hybridized carbons (Fsp3) is 0.364. The SMILES string of the molecule is O=C1CC(S(=O)(=O)F)CN1c1ccc(SC(F)(F)F)cc1. The topological polar surface area (TPSA) is 54.5 Å². The van der Waals surface area contributed by atoms with Crippen LogP contribution < -0.4 is 4.90 Å². The summed E-state index contributed by atoms with van der Waals surface area (Å²) in [6.45, 7) is -0.344. The molecule has 0 aromatic heterocycles. The Hall–Kier alpha value is -1.29. The number of carbonyl (C=O) groups excluding carboxylic acids is 1. The van der Waals surface area contributed by atoms with Gasteiger partial charge in [0, 0.05) is 23.5 Å². The van der Waals surface area contributed by atoms with Crippen molar-refractivity contribution >= 4 is 33.6 Å². The van der Waals surface area contributed by atoms with Crippen LogP contribution in [0, 0.1) is 0 Å². The van der Waals surface area contributed by atoms with E-state index in [0.29, 0.717) is 0 Å².